The second-order valence-corrected chi connectivity index (χ2v) is 5.46. The maximum Gasteiger partial charge on any atom is 0.312 e. The summed E-state index contributed by atoms with van der Waals surface area (Å²) in [4.78, 5) is 47.0. The first-order valence-corrected chi connectivity index (χ1v) is 7.27. The molecule has 0 fully saturated rings. The third-order valence-corrected chi connectivity index (χ3v) is 3.85. The fraction of sp³-hybridized carbons (Fsp3) is 0.200. The van der Waals surface area contributed by atoms with E-state index in [1.54, 1.807) is 12.1 Å². The molecule has 0 saturated heterocycles. The lowest BCUT2D eigenvalue weighted by molar-refractivity contribution is -0.386. The molecular formula is C15H13N5O5. The first-order chi connectivity index (χ1) is 11.8. The number of hydrazine groups is 1. The van der Waals surface area contributed by atoms with E-state index in [0.29, 0.717) is 5.01 Å². The smallest absolute Gasteiger partial charge is 0.271 e. The van der Waals surface area contributed by atoms with Gasteiger partial charge in [-0.15, -0.1) is 0 Å². The Morgan fingerprint density at radius 2 is 1.76 bits per heavy atom. The highest BCUT2D eigenvalue weighted by atomic mass is 16.6. The fourth-order valence-corrected chi connectivity index (χ4v) is 2.69. The minimum absolute atomic E-state index is 0.173. The van der Waals surface area contributed by atoms with E-state index in [-0.39, 0.29) is 34.7 Å². The van der Waals surface area contributed by atoms with Crippen molar-refractivity contribution in [3.63, 3.8) is 0 Å². The van der Waals surface area contributed by atoms with Gasteiger partial charge < -0.3 is 0 Å². The van der Waals surface area contributed by atoms with Gasteiger partial charge in [0.1, 0.15) is 17.9 Å². The zero-order valence-electron chi connectivity index (χ0n) is 13.3. The highest BCUT2D eigenvalue weighted by Gasteiger charge is 2.36. The molecule has 1 aliphatic heterocycles. The number of amides is 3. The molecule has 0 bridgehead atoms. The molecule has 3 rings (SSSR count). The lowest BCUT2D eigenvalue weighted by Crippen LogP contribution is -2.47. The SMILES string of the molecule is Cc1nn(CC(=O)NN2C(=O)c3ccccc3C2=O)c(C)c1[N+](=O)[O-]. The van der Waals surface area contributed by atoms with Crippen LogP contribution >= 0.6 is 0 Å². The van der Waals surface area contributed by atoms with E-state index >= 15 is 0 Å². The van der Waals surface area contributed by atoms with Crippen LogP contribution in [-0.2, 0) is 11.3 Å². The molecule has 1 aliphatic rings. The number of nitro groups is 1. The van der Waals surface area contributed by atoms with Gasteiger partial charge in [-0.3, -0.25) is 34.6 Å². The molecule has 128 valence electrons. The molecule has 0 radical (unpaired) electrons. The summed E-state index contributed by atoms with van der Waals surface area (Å²) in [5.74, 6) is -1.96. The second kappa shape index (κ2) is 5.82. The largest absolute Gasteiger partial charge is 0.312 e. The Labute approximate surface area is 141 Å². The normalized spacial score (nSPS) is 13.1. The Hall–Kier alpha value is -3.56. The van der Waals surface area contributed by atoms with Gasteiger partial charge >= 0.3 is 5.69 Å². The van der Waals surface area contributed by atoms with E-state index in [1.807, 2.05) is 0 Å². The number of imide groups is 1. The summed E-state index contributed by atoms with van der Waals surface area (Å²) in [5, 5.41) is 15.6. The summed E-state index contributed by atoms with van der Waals surface area (Å²) >= 11 is 0. The molecule has 10 nitrogen and oxygen atoms in total. The van der Waals surface area contributed by atoms with Crippen molar-refractivity contribution in [3.8, 4) is 0 Å². The molecule has 25 heavy (non-hydrogen) atoms. The van der Waals surface area contributed by atoms with Crippen LogP contribution in [0, 0.1) is 24.0 Å². The molecule has 0 spiro atoms. The molecule has 2 heterocycles. The van der Waals surface area contributed by atoms with Crippen molar-refractivity contribution in [2.24, 2.45) is 0 Å². The van der Waals surface area contributed by atoms with Gasteiger partial charge in [0.25, 0.3) is 17.7 Å². The topological polar surface area (TPSA) is 127 Å². The van der Waals surface area contributed by atoms with Crippen LogP contribution in [0.2, 0.25) is 0 Å². The van der Waals surface area contributed by atoms with Crippen molar-refractivity contribution in [2.45, 2.75) is 20.4 Å². The number of aromatic nitrogens is 2. The zero-order valence-corrected chi connectivity index (χ0v) is 13.3. The highest BCUT2D eigenvalue weighted by Crippen LogP contribution is 2.22. The van der Waals surface area contributed by atoms with Crippen LogP contribution in [0.25, 0.3) is 0 Å². The second-order valence-electron chi connectivity index (χ2n) is 5.46. The summed E-state index contributed by atoms with van der Waals surface area (Å²) in [6.45, 7) is 2.56. The minimum atomic E-state index is -0.699. The number of carbonyl (C=O) groups is 3. The Bertz CT molecular complexity index is 897. The molecule has 1 aromatic carbocycles. The molecule has 2 aromatic rings. The summed E-state index contributed by atoms with van der Waals surface area (Å²) in [6.07, 6.45) is 0. The third kappa shape index (κ3) is 2.63. The van der Waals surface area contributed by atoms with E-state index in [1.165, 1.54) is 26.0 Å². The summed E-state index contributed by atoms with van der Waals surface area (Å²) < 4.78 is 1.15. The fourth-order valence-electron chi connectivity index (χ4n) is 2.69. The molecule has 0 unspecified atom stereocenters. The first kappa shape index (κ1) is 16.3. The Balaban J connectivity index is 1.77. The van der Waals surface area contributed by atoms with Crippen molar-refractivity contribution < 1.29 is 19.3 Å². The average Bonchev–Trinajstić information content (AvgIpc) is 2.96. The number of hydrogen-bond donors (Lipinski definition) is 1. The molecule has 0 atom stereocenters. The zero-order chi connectivity index (χ0) is 18.3. The Kier molecular flexibility index (Phi) is 3.79. The number of benzene rings is 1. The summed E-state index contributed by atoms with van der Waals surface area (Å²) in [7, 11) is 0. The molecule has 3 amide bonds. The number of rotatable bonds is 4. The van der Waals surface area contributed by atoms with Crippen LogP contribution in [0.5, 0.6) is 0 Å². The van der Waals surface area contributed by atoms with E-state index in [2.05, 4.69) is 10.5 Å². The number of nitrogens with one attached hydrogen (secondary N) is 1. The van der Waals surface area contributed by atoms with Gasteiger partial charge in [-0.2, -0.15) is 10.1 Å². The van der Waals surface area contributed by atoms with E-state index in [9.17, 15) is 24.5 Å². The minimum Gasteiger partial charge on any atom is -0.271 e. The van der Waals surface area contributed by atoms with Crippen molar-refractivity contribution >= 4 is 23.4 Å². The van der Waals surface area contributed by atoms with Gasteiger partial charge in [-0.1, -0.05) is 12.1 Å². The quantitative estimate of drug-likeness (QED) is 0.495. The lowest BCUT2D eigenvalue weighted by Gasteiger charge is -2.15. The lowest BCUT2D eigenvalue weighted by atomic mass is 10.1. The van der Waals surface area contributed by atoms with E-state index in [4.69, 9.17) is 0 Å². The van der Waals surface area contributed by atoms with Gasteiger partial charge in [0.15, 0.2) is 0 Å². The number of hydrogen-bond acceptors (Lipinski definition) is 6. The van der Waals surface area contributed by atoms with Crippen molar-refractivity contribution in [2.75, 3.05) is 0 Å². The van der Waals surface area contributed by atoms with Crippen LogP contribution in [-0.4, -0.2) is 37.4 Å². The van der Waals surface area contributed by atoms with Gasteiger partial charge in [0, 0.05) is 0 Å². The van der Waals surface area contributed by atoms with Crippen LogP contribution in [0.4, 0.5) is 5.69 Å². The molecule has 0 aliphatic carbocycles. The van der Waals surface area contributed by atoms with Gasteiger partial charge in [0.2, 0.25) is 0 Å². The van der Waals surface area contributed by atoms with E-state index in [0.717, 1.165) is 4.68 Å². The van der Waals surface area contributed by atoms with Gasteiger partial charge in [0.05, 0.1) is 16.1 Å². The summed E-state index contributed by atoms with van der Waals surface area (Å²) in [6, 6.07) is 6.22. The van der Waals surface area contributed by atoms with Crippen molar-refractivity contribution in [3.05, 3.63) is 56.9 Å². The standard InChI is InChI=1S/C15H13N5O5/c1-8-13(20(24)25)9(2)18(16-8)7-12(21)17-19-14(22)10-5-3-4-6-11(10)15(19)23/h3-6H,7H2,1-2H3,(H,17,21). The molecule has 1 N–H and O–H groups in total. The third-order valence-electron chi connectivity index (χ3n) is 3.85. The Morgan fingerprint density at radius 1 is 1.20 bits per heavy atom. The molecular weight excluding hydrogens is 330 g/mol. The van der Waals surface area contributed by atoms with Crippen molar-refractivity contribution in [1.29, 1.82) is 0 Å². The number of fused-ring (bicyclic) bond motifs is 1. The highest BCUT2D eigenvalue weighted by molar-refractivity contribution is 6.21. The predicted molar refractivity (Wildman–Crippen MR) is 83.4 cm³/mol. The van der Waals surface area contributed by atoms with Crippen LogP contribution in [0.15, 0.2) is 24.3 Å². The van der Waals surface area contributed by atoms with Gasteiger partial charge in [-0.05, 0) is 26.0 Å². The van der Waals surface area contributed by atoms with E-state index < -0.39 is 22.6 Å². The van der Waals surface area contributed by atoms with Crippen molar-refractivity contribution in [1.82, 2.24) is 20.2 Å². The van der Waals surface area contributed by atoms with Crippen LogP contribution in [0.3, 0.4) is 0 Å². The monoisotopic (exact) mass is 343 g/mol. The molecule has 10 heteroatoms. The van der Waals surface area contributed by atoms with Gasteiger partial charge in [-0.25, -0.2) is 0 Å². The maximum atomic E-state index is 12.2. The number of aryl methyl sites for hydroxylation is 1. The number of nitrogens with zero attached hydrogens (tertiary/aromatic N) is 4. The summed E-state index contributed by atoms with van der Waals surface area (Å²) in [5.41, 5.74) is 2.84. The maximum absolute atomic E-state index is 12.2. The molecule has 0 saturated carbocycles. The average molecular weight is 343 g/mol. The van der Waals surface area contributed by atoms with Crippen LogP contribution < -0.4 is 5.43 Å². The number of carbonyl (C=O) groups excluding carboxylic acids is 3. The first-order valence-electron chi connectivity index (χ1n) is 7.27. The Morgan fingerprint density at radius 3 is 2.24 bits per heavy atom. The predicted octanol–water partition coefficient (Wildman–Crippen LogP) is 0.736. The van der Waals surface area contributed by atoms with Crippen LogP contribution in [0.1, 0.15) is 32.1 Å². The molecule has 1 aromatic heterocycles.